The van der Waals surface area contributed by atoms with Crippen molar-refractivity contribution in [3.05, 3.63) is 87.2 Å². The van der Waals surface area contributed by atoms with E-state index >= 15 is 0 Å². The standard InChI is InChI=1S/C34H38FN7O3S2/c1-4-41(3)17-7-10-22-15-16-26(24(35)20-22)45-19-9-14-28-29(32(43)44)39-34(47-28)42-18-8-11-23(31(42)37)21(2)30(36)40-33-38-25-12-5-6-13-27(25)46-33/h5-6,12-13,15-16,20H,4,8-9,11,14,17-19,36-37H2,1-3H3,(H,38,40)(H,43,44)/p+1/b30-21+. The summed E-state index contributed by atoms with van der Waals surface area (Å²) in [7, 11) is 2.05. The molecule has 10 nitrogen and oxygen atoms in total. The van der Waals surface area contributed by atoms with Gasteiger partial charge in [0.1, 0.15) is 18.2 Å². The Balaban J connectivity index is 1.24. The number of fused-ring (bicyclic) bond motifs is 1. The highest BCUT2D eigenvalue weighted by molar-refractivity contribution is 7.22. The number of rotatable bonds is 12. The molecule has 3 heterocycles. The molecule has 0 saturated carbocycles. The number of anilines is 2. The van der Waals surface area contributed by atoms with Gasteiger partial charge in [-0.05, 0) is 86.9 Å². The van der Waals surface area contributed by atoms with E-state index in [2.05, 4.69) is 41.1 Å². The third kappa shape index (κ3) is 8.21. The summed E-state index contributed by atoms with van der Waals surface area (Å²) in [5, 5.41) is 14.3. The van der Waals surface area contributed by atoms with E-state index in [0.29, 0.717) is 58.3 Å². The van der Waals surface area contributed by atoms with Crippen molar-refractivity contribution in [2.75, 3.05) is 43.5 Å². The van der Waals surface area contributed by atoms with E-state index in [-0.39, 0.29) is 18.1 Å². The lowest BCUT2D eigenvalue weighted by atomic mass is 9.99. The number of thiazole rings is 2. The number of benzene rings is 2. The maximum Gasteiger partial charge on any atom is 0.355 e. The SMILES string of the molecule is CC[NH+](C)CC#Cc1ccc(OCCCc2sc(N3CCCC(/C(C)=C(\N)Nc4nc5ccccc5s4)=C3N)nc2C(=O)O)c(F)c1. The fraction of sp³-hybridized carbons (Fsp3) is 0.324. The number of nitrogens with two attached hydrogens (primary N) is 2. The molecular weight excluding hydrogens is 638 g/mol. The molecule has 47 heavy (non-hydrogen) atoms. The Bertz CT molecular complexity index is 1860. The van der Waals surface area contributed by atoms with Crippen molar-refractivity contribution in [1.82, 2.24) is 9.97 Å². The molecule has 5 rings (SSSR count). The van der Waals surface area contributed by atoms with Crippen molar-refractivity contribution in [2.45, 2.75) is 39.5 Å². The minimum atomic E-state index is -1.11. The predicted molar refractivity (Wildman–Crippen MR) is 186 cm³/mol. The first-order valence-corrected chi connectivity index (χ1v) is 17.1. The minimum absolute atomic E-state index is 0.0149. The highest BCUT2D eigenvalue weighted by atomic mass is 32.1. The fourth-order valence-corrected chi connectivity index (χ4v) is 7.04. The number of quaternary nitrogens is 1. The number of aromatic nitrogens is 2. The van der Waals surface area contributed by atoms with Crippen LogP contribution in [0.3, 0.4) is 0 Å². The van der Waals surface area contributed by atoms with Gasteiger partial charge in [0.2, 0.25) is 0 Å². The number of nitrogens with one attached hydrogen (secondary N) is 2. The number of para-hydroxylation sites is 1. The van der Waals surface area contributed by atoms with Crippen LogP contribution >= 0.6 is 22.7 Å². The third-order valence-corrected chi connectivity index (χ3v) is 9.97. The zero-order valence-electron chi connectivity index (χ0n) is 26.7. The predicted octanol–water partition coefficient (Wildman–Crippen LogP) is 4.56. The molecule has 1 aliphatic rings. The molecule has 0 saturated heterocycles. The molecule has 7 N–H and O–H groups in total. The highest BCUT2D eigenvalue weighted by Gasteiger charge is 2.26. The summed E-state index contributed by atoms with van der Waals surface area (Å²) in [5.41, 5.74) is 16.3. The number of ether oxygens (including phenoxy) is 1. The molecule has 0 aliphatic carbocycles. The lowest BCUT2D eigenvalue weighted by molar-refractivity contribution is -0.869. The Morgan fingerprint density at radius 2 is 2.04 bits per heavy atom. The number of hydrogen-bond donors (Lipinski definition) is 5. The Hall–Kier alpha value is -4.64. The summed E-state index contributed by atoms with van der Waals surface area (Å²) in [6, 6.07) is 12.5. The van der Waals surface area contributed by atoms with Gasteiger partial charge in [0.25, 0.3) is 0 Å². The van der Waals surface area contributed by atoms with Crippen LogP contribution < -0.4 is 31.3 Å². The monoisotopic (exact) mass is 676 g/mol. The zero-order valence-corrected chi connectivity index (χ0v) is 28.3. The topological polar surface area (TPSA) is 144 Å². The molecule has 0 radical (unpaired) electrons. The Kier molecular flexibility index (Phi) is 11.0. The van der Waals surface area contributed by atoms with Crippen LogP contribution in [0.2, 0.25) is 0 Å². The molecular formula is C34H39FN7O3S2+. The lowest BCUT2D eigenvalue weighted by Gasteiger charge is -2.30. The first-order valence-electron chi connectivity index (χ1n) is 15.5. The van der Waals surface area contributed by atoms with E-state index < -0.39 is 11.8 Å². The quantitative estimate of drug-likeness (QED) is 0.108. The van der Waals surface area contributed by atoms with Gasteiger partial charge in [-0.2, -0.15) is 0 Å². The summed E-state index contributed by atoms with van der Waals surface area (Å²) in [6.07, 6.45) is 2.39. The van der Waals surface area contributed by atoms with Crippen molar-refractivity contribution >= 4 is 49.1 Å². The van der Waals surface area contributed by atoms with Gasteiger partial charge >= 0.3 is 5.97 Å². The number of halogens is 1. The van der Waals surface area contributed by atoms with E-state index in [0.717, 1.165) is 40.7 Å². The molecule has 1 aliphatic heterocycles. The summed E-state index contributed by atoms with van der Waals surface area (Å²) in [4.78, 5) is 24.9. The van der Waals surface area contributed by atoms with Crippen molar-refractivity contribution in [3.8, 4) is 17.6 Å². The van der Waals surface area contributed by atoms with Gasteiger partial charge in [-0.25, -0.2) is 19.2 Å². The average molecular weight is 677 g/mol. The molecule has 0 spiro atoms. The number of carboxylic acid groups (broad SMARTS) is 1. The number of aryl methyl sites for hydroxylation is 1. The van der Waals surface area contributed by atoms with Gasteiger partial charge < -0.3 is 36.4 Å². The second-order valence-electron chi connectivity index (χ2n) is 11.2. The van der Waals surface area contributed by atoms with Crippen LogP contribution in [0.4, 0.5) is 14.7 Å². The second-order valence-corrected chi connectivity index (χ2v) is 13.3. The van der Waals surface area contributed by atoms with Crippen LogP contribution in [0.5, 0.6) is 5.75 Å². The molecule has 2 aromatic carbocycles. The van der Waals surface area contributed by atoms with Gasteiger partial charge in [0.15, 0.2) is 27.5 Å². The van der Waals surface area contributed by atoms with Crippen molar-refractivity contribution < 1.29 is 23.9 Å². The van der Waals surface area contributed by atoms with E-state index in [9.17, 15) is 14.3 Å². The number of hydrogen-bond acceptors (Lipinski definition) is 10. The van der Waals surface area contributed by atoms with Crippen LogP contribution in [0.1, 0.15) is 54.0 Å². The van der Waals surface area contributed by atoms with Crippen LogP contribution in [-0.2, 0) is 6.42 Å². The number of carbonyl (C=O) groups is 1. The van der Waals surface area contributed by atoms with Crippen LogP contribution in [-0.4, -0.2) is 54.3 Å². The molecule has 1 unspecified atom stereocenters. The number of nitrogens with zero attached hydrogens (tertiary/aromatic N) is 3. The third-order valence-electron chi connectivity index (χ3n) is 7.88. The maximum absolute atomic E-state index is 14.6. The summed E-state index contributed by atoms with van der Waals surface area (Å²) >= 11 is 2.81. The minimum Gasteiger partial charge on any atom is -0.491 e. The van der Waals surface area contributed by atoms with Crippen LogP contribution in [0.25, 0.3) is 10.2 Å². The Morgan fingerprint density at radius 3 is 2.79 bits per heavy atom. The average Bonchev–Trinajstić information content (AvgIpc) is 3.67. The van der Waals surface area contributed by atoms with Crippen LogP contribution in [0.15, 0.2) is 65.3 Å². The van der Waals surface area contributed by atoms with Crippen molar-refractivity contribution in [2.24, 2.45) is 11.5 Å². The molecule has 1 atom stereocenters. The van der Waals surface area contributed by atoms with Gasteiger partial charge in [0, 0.05) is 17.0 Å². The smallest absolute Gasteiger partial charge is 0.355 e. The van der Waals surface area contributed by atoms with E-state index in [1.807, 2.05) is 36.1 Å². The number of carboxylic acids is 1. The lowest BCUT2D eigenvalue weighted by Crippen LogP contribution is -3.08. The molecule has 2 aromatic heterocycles. The van der Waals surface area contributed by atoms with Gasteiger partial charge in [0.05, 0.1) is 30.4 Å². The highest BCUT2D eigenvalue weighted by Crippen LogP contribution is 2.35. The first-order chi connectivity index (χ1) is 22.6. The van der Waals surface area contributed by atoms with E-state index in [1.165, 1.54) is 33.6 Å². The fourth-order valence-electron chi connectivity index (χ4n) is 5.02. The number of allylic oxidation sites excluding steroid dienone is 2. The van der Waals surface area contributed by atoms with E-state index in [4.69, 9.17) is 16.2 Å². The first kappa shape index (κ1) is 33.7. The van der Waals surface area contributed by atoms with Gasteiger partial charge in [-0.3, -0.25) is 0 Å². The summed E-state index contributed by atoms with van der Waals surface area (Å²) in [6.45, 7) is 6.45. The molecule has 13 heteroatoms. The molecule has 246 valence electrons. The normalized spacial score (nSPS) is 14.4. The zero-order chi connectivity index (χ0) is 33.5. The summed E-state index contributed by atoms with van der Waals surface area (Å²) < 4.78 is 21.4. The molecule has 4 aromatic rings. The Labute approximate surface area is 281 Å². The summed E-state index contributed by atoms with van der Waals surface area (Å²) in [5.74, 6) is 5.53. The van der Waals surface area contributed by atoms with Gasteiger partial charge in [-0.15, -0.1) is 11.3 Å². The Morgan fingerprint density at radius 1 is 1.23 bits per heavy atom. The largest absolute Gasteiger partial charge is 0.491 e. The van der Waals surface area contributed by atoms with Crippen LogP contribution in [0, 0.1) is 17.7 Å². The second kappa shape index (κ2) is 15.3. The van der Waals surface area contributed by atoms with Crippen molar-refractivity contribution in [1.29, 1.82) is 0 Å². The van der Waals surface area contributed by atoms with E-state index in [1.54, 1.807) is 12.1 Å². The molecule has 0 fully saturated rings. The van der Waals surface area contributed by atoms with Gasteiger partial charge in [-0.1, -0.05) is 29.4 Å². The maximum atomic E-state index is 14.6. The molecule has 0 amide bonds. The van der Waals surface area contributed by atoms with Crippen molar-refractivity contribution in [3.63, 3.8) is 0 Å². The number of aromatic carboxylic acids is 1. The molecule has 0 bridgehead atoms.